The highest BCUT2D eigenvalue weighted by atomic mass is 16.5. The summed E-state index contributed by atoms with van der Waals surface area (Å²) in [6.07, 6.45) is 1.61. The van der Waals surface area contributed by atoms with E-state index in [-0.39, 0.29) is 52.8 Å². The molecule has 3 aliphatic carbocycles. The molecule has 0 aromatic rings. The number of rotatable bonds is 5. The number of carbonyl (C=O) groups excluding carboxylic acids is 1. The van der Waals surface area contributed by atoms with E-state index in [1.165, 1.54) is 0 Å². The van der Waals surface area contributed by atoms with Gasteiger partial charge in [0.05, 0.1) is 36.9 Å². The number of fused-ring (bicyclic) bond motifs is 5. The number of ether oxygens (including phenoxy) is 1. The smallest absolute Gasteiger partial charge is 0.309 e. The fourth-order valence-corrected chi connectivity index (χ4v) is 8.95. The Morgan fingerprint density at radius 2 is 1.56 bits per heavy atom. The first-order valence-corrected chi connectivity index (χ1v) is 13.7. The fourth-order valence-electron chi connectivity index (χ4n) is 8.95. The molecule has 0 amide bonds. The third-order valence-corrected chi connectivity index (χ3v) is 11.5. The second kappa shape index (κ2) is 9.32. The van der Waals surface area contributed by atoms with Gasteiger partial charge in [0.1, 0.15) is 0 Å². The van der Waals surface area contributed by atoms with Crippen LogP contribution in [-0.4, -0.2) is 57.4 Å². The molecule has 0 aromatic carbocycles. The molecular formula is C28H48O6. The lowest BCUT2D eigenvalue weighted by Gasteiger charge is -2.56. The third-order valence-electron chi connectivity index (χ3n) is 11.5. The lowest BCUT2D eigenvalue weighted by molar-refractivity contribution is -0.162. The molecule has 34 heavy (non-hydrogen) atoms. The van der Waals surface area contributed by atoms with Gasteiger partial charge in [0.2, 0.25) is 0 Å². The Bertz CT molecular complexity index is 755. The van der Waals surface area contributed by atoms with E-state index in [9.17, 15) is 25.2 Å². The number of aliphatic hydroxyl groups is 4. The summed E-state index contributed by atoms with van der Waals surface area (Å²) in [4.78, 5) is 13.0. The van der Waals surface area contributed by atoms with Gasteiger partial charge in [-0.05, 0) is 90.8 Å². The maximum atomic E-state index is 13.0. The largest absolute Gasteiger partial charge is 0.465 e. The lowest BCUT2D eigenvalue weighted by Crippen LogP contribution is -2.55. The van der Waals surface area contributed by atoms with Gasteiger partial charge in [-0.15, -0.1) is 0 Å². The van der Waals surface area contributed by atoms with Crippen LogP contribution in [0.4, 0.5) is 0 Å². The highest BCUT2D eigenvalue weighted by Crippen LogP contribution is 2.66. The standard InChI is InChI=1S/C28H48O6/c1-14(2)15(3)24(31)25(32)16(4)18-7-8-19-17-13-34-26(33)21-11-22(29)23(30)12-28(21,6)20(17)9-10-27(18,19)5/h14-25,29-32H,7-13H2,1-6H3/t15-,16-,17+,18?,19?,20+,21+,22-,23+,24+,25+,27+,28+/m0/s1. The summed E-state index contributed by atoms with van der Waals surface area (Å²) in [6, 6.07) is 0. The maximum Gasteiger partial charge on any atom is 0.309 e. The SMILES string of the molecule is CC(C)[C@H](C)[C@@H](O)[C@H](O)[C@@H](C)C1CCC2[C@H]3COC(=O)[C@H]4C[C@H](O)[C@H](O)C[C@]4(C)[C@@H]3CC[C@@]21C. The van der Waals surface area contributed by atoms with E-state index in [0.29, 0.717) is 30.8 Å². The topological polar surface area (TPSA) is 107 Å². The first kappa shape index (κ1) is 26.4. The minimum Gasteiger partial charge on any atom is -0.465 e. The first-order valence-electron chi connectivity index (χ1n) is 13.7. The number of cyclic esters (lactones) is 1. The number of aliphatic hydroxyl groups excluding tert-OH is 4. The van der Waals surface area contributed by atoms with Crippen molar-refractivity contribution in [2.45, 2.75) is 104 Å². The molecule has 2 unspecified atom stereocenters. The van der Waals surface area contributed by atoms with Crippen LogP contribution in [0.25, 0.3) is 0 Å². The van der Waals surface area contributed by atoms with E-state index in [1.54, 1.807) is 0 Å². The molecule has 1 saturated heterocycles. The zero-order chi connectivity index (χ0) is 25.2. The van der Waals surface area contributed by atoms with E-state index in [0.717, 1.165) is 25.7 Å². The van der Waals surface area contributed by atoms with Crippen LogP contribution in [0.15, 0.2) is 0 Å². The zero-order valence-corrected chi connectivity index (χ0v) is 22.0. The van der Waals surface area contributed by atoms with Gasteiger partial charge in [-0.2, -0.15) is 0 Å². The van der Waals surface area contributed by atoms with Crippen LogP contribution in [0.1, 0.15) is 80.1 Å². The molecule has 4 N–H and O–H groups in total. The van der Waals surface area contributed by atoms with Crippen molar-refractivity contribution in [3.8, 4) is 0 Å². The van der Waals surface area contributed by atoms with Gasteiger partial charge in [0.15, 0.2) is 0 Å². The number of hydrogen-bond acceptors (Lipinski definition) is 6. The van der Waals surface area contributed by atoms with Crippen LogP contribution in [0.3, 0.4) is 0 Å². The Labute approximate surface area is 205 Å². The van der Waals surface area contributed by atoms with Crippen molar-refractivity contribution in [1.82, 2.24) is 0 Å². The first-order chi connectivity index (χ1) is 15.8. The molecule has 196 valence electrons. The molecule has 4 fully saturated rings. The molecule has 0 bridgehead atoms. The van der Waals surface area contributed by atoms with Crippen molar-refractivity contribution >= 4 is 5.97 Å². The number of carbonyl (C=O) groups is 1. The average molecular weight is 481 g/mol. The molecule has 0 aromatic heterocycles. The lowest BCUT2D eigenvalue weighted by atomic mass is 9.48. The minimum absolute atomic E-state index is 0.00827. The van der Waals surface area contributed by atoms with E-state index in [4.69, 9.17) is 4.74 Å². The van der Waals surface area contributed by atoms with Crippen LogP contribution < -0.4 is 0 Å². The summed E-state index contributed by atoms with van der Waals surface area (Å²) >= 11 is 0. The molecule has 0 spiro atoms. The maximum absolute atomic E-state index is 13.0. The second-order valence-corrected chi connectivity index (χ2v) is 13.3. The van der Waals surface area contributed by atoms with Crippen LogP contribution >= 0.6 is 0 Å². The summed E-state index contributed by atoms with van der Waals surface area (Å²) in [5.41, 5.74) is -0.345. The van der Waals surface area contributed by atoms with Crippen molar-refractivity contribution in [2.75, 3.05) is 6.61 Å². The van der Waals surface area contributed by atoms with Crippen LogP contribution in [0, 0.1) is 58.2 Å². The normalized spacial score (nSPS) is 48.1. The summed E-state index contributed by atoms with van der Waals surface area (Å²) in [7, 11) is 0. The Kier molecular flexibility index (Phi) is 7.23. The fraction of sp³-hybridized carbons (Fsp3) is 0.964. The van der Waals surface area contributed by atoms with Gasteiger partial charge < -0.3 is 25.2 Å². The van der Waals surface area contributed by atoms with Crippen molar-refractivity contribution in [2.24, 2.45) is 58.2 Å². The van der Waals surface area contributed by atoms with Crippen LogP contribution in [-0.2, 0) is 9.53 Å². The molecule has 3 saturated carbocycles. The molecule has 6 nitrogen and oxygen atoms in total. The average Bonchev–Trinajstić information content (AvgIpc) is 3.09. The third kappa shape index (κ3) is 4.05. The molecular weight excluding hydrogens is 432 g/mol. The van der Waals surface area contributed by atoms with Gasteiger partial charge in [0, 0.05) is 0 Å². The van der Waals surface area contributed by atoms with Crippen molar-refractivity contribution in [3.63, 3.8) is 0 Å². The number of esters is 1. The highest BCUT2D eigenvalue weighted by Gasteiger charge is 2.63. The van der Waals surface area contributed by atoms with Crippen molar-refractivity contribution in [3.05, 3.63) is 0 Å². The van der Waals surface area contributed by atoms with Crippen molar-refractivity contribution < 1.29 is 30.0 Å². The van der Waals surface area contributed by atoms with Crippen molar-refractivity contribution in [1.29, 1.82) is 0 Å². The summed E-state index contributed by atoms with van der Waals surface area (Å²) in [5.74, 6) is 0.948. The van der Waals surface area contributed by atoms with E-state index < -0.39 is 24.4 Å². The molecule has 1 heterocycles. The Balaban J connectivity index is 1.58. The van der Waals surface area contributed by atoms with Gasteiger partial charge >= 0.3 is 5.97 Å². The van der Waals surface area contributed by atoms with Gasteiger partial charge in [-0.3, -0.25) is 4.79 Å². The van der Waals surface area contributed by atoms with Crippen LogP contribution in [0.5, 0.6) is 0 Å². The van der Waals surface area contributed by atoms with E-state index in [2.05, 4.69) is 34.6 Å². The van der Waals surface area contributed by atoms with E-state index >= 15 is 0 Å². The molecule has 1 aliphatic heterocycles. The second-order valence-electron chi connectivity index (χ2n) is 13.3. The van der Waals surface area contributed by atoms with E-state index in [1.807, 2.05) is 6.92 Å². The van der Waals surface area contributed by atoms with Gasteiger partial charge in [-0.1, -0.05) is 41.5 Å². The molecule has 13 atom stereocenters. The molecule has 4 rings (SSSR count). The Morgan fingerprint density at radius 1 is 0.912 bits per heavy atom. The van der Waals surface area contributed by atoms with Crippen LogP contribution in [0.2, 0.25) is 0 Å². The Morgan fingerprint density at radius 3 is 2.21 bits per heavy atom. The van der Waals surface area contributed by atoms with Gasteiger partial charge in [0.25, 0.3) is 0 Å². The zero-order valence-electron chi connectivity index (χ0n) is 22.0. The Hall–Kier alpha value is -0.690. The predicted molar refractivity (Wildman–Crippen MR) is 130 cm³/mol. The quantitative estimate of drug-likeness (QED) is 0.450. The summed E-state index contributed by atoms with van der Waals surface area (Å²) < 4.78 is 5.86. The molecule has 4 aliphatic rings. The number of hydrogen-bond donors (Lipinski definition) is 4. The van der Waals surface area contributed by atoms with Gasteiger partial charge in [-0.25, -0.2) is 0 Å². The minimum atomic E-state index is -0.867. The predicted octanol–water partition coefficient (Wildman–Crippen LogP) is 3.39. The monoisotopic (exact) mass is 480 g/mol. The molecule has 6 heteroatoms. The molecule has 0 radical (unpaired) electrons. The summed E-state index contributed by atoms with van der Waals surface area (Å²) in [5, 5.41) is 42.9. The summed E-state index contributed by atoms with van der Waals surface area (Å²) in [6.45, 7) is 13.2. The highest BCUT2D eigenvalue weighted by molar-refractivity contribution is 5.74.